The molecule has 0 saturated carbocycles. The molecule has 6 nitrogen and oxygen atoms in total. The minimum atomic E-state index is -0.208. The number of piperidine rings is 1. The highest BCUT2D eigenvalue weighted by atomic mass is 127. The normalized spacial score (nSPS) is 21.6. The molecule has 7 heteroatoms. The zero-order valence-electron chi connectivity index (χ0n) is 14.6. The summed E-state index contributed by atoms with van der Waals surface area (Å²) in [4.78, 5) is 28.3. The number of carbonyl (C=O) groups excluding carboxylic acids is 2. The van der Waals surface area contributed by atoms with E-state index in [2.05, 4.69) is 41.8 Å². The number of likely N-dealkylation sites (tertiary alicyclic amines) is 1. The molecule has 1 aromatic carbocycles. The number of anilines is 1. The number of benzene rings is 1. The summed E-state index contributed by atoms with van der Waals surface area (Å²) >= 11 is 2.21. The Morgan fingerprint density at radius 2 is 1.96 bits per heavy atom. The summed E-state index contributed by atoms with van der Waals surface area (Å²) in [5, 5.41) is 2.97. The van der Waals surface area contributed by atoms with Crippen LogP contribution < -0.4 is 5.32 Å². The summed E-state index contributed by atoms with van der Waals surface area (Å²) < 4.78 is 6.27. The molecule has 2 saturated heterocycles. The summed E-state index contributed by atoms with van der Waals surface area (Å²) in [6.45, 7) is 6.00. The van der Waals surface area contributed by atoms with Crippen LogP contribution in [-0.4, -0.2) is 53.7 Å². The van der Waals surface area contributed by atoms with Crippen LogP contribution in [0.2, 0.25) is 0 Å². The number of hydrogen-bond acceptors (Lipinski definition) is 3. The van der Waals surface area contributed by atoms with E-state index >= 15 is 0 Å². The first-order valence-corrected chi connectivity index (χ1v) is 9.80. The standard InChI is InChI=1S/C18H24IN3O3/c1-12(2)16-11-25-18(24)22(16)13-7-9-21(10-8-13)17(23)20-15-6-4-3-5-14(15)19/h3-6,12-13,16H,7-11H2,1-2H3,(H,20,23). The van der Waals surface area contributed by atoms with Gasteiger partial charge in [-0.25, -0.2) is 9.59 Å². The summed E-state index contributed by atoms with van der Waals surface area (Å²) in [5.41, 5.74) is 0.832. The van der Waals surface area contributed by atoms with Crippen molar-refractivity contribution in [1.29, 1.82) is 0 Å². The number of nitrogens with zero attached hydrogens (tertiary/aromatic N) is 2. The van der Waals surface area contributed by atoms with Crippen LogP contribution in [0.3, 0.4) is 0 Å². The first-order chi connectivity index (χ1) is 12.0. The second-order valence-electron chi connectivity index (χ2n) is 6.92. The molecule has 136 valence electrons. The molecule has 1 atom stereocenters. The van der Waals surface area contributed by atoms with Crippen LogP contribution in [0.1, 0.15) is 26.7 Å². The van der Waals surface area contributed by atoms with Crippen molar-refractivity contribution in [2.75, 3.05) is 25.0 Å². The van der Waals surface area contributed by atoms with E-state index in [0.29, 0.717) is 25.6 Å². The molecule has 0 bridgehead atoms. The van der Waals surface area contributed by atoms with Crippen molar-refractivity contribution in [2.24, 2.45) is 5.92 Å². The van der Waals surface area contributed by atoms with Gasteiger partial charge in [0.2, 0.25) is 0 Å². The molecule has 2 heterocycles. The molecule has 1 N–H and O–H groups in total. The van der Waals surface area contributed by atoms with Gasteiger partial charge in [-0.3, -0.25) is 4.90 Å². The highest BCUT2D eigenvalue weighted by Gasteiger charge is 2.41. The zero-order valence-corrected chi connectivity index (χ0v) is 16.7. The van der Waals surface area contributed by atoms with Crippen molar-refractivity contribution >= 4 is 40.4 Å². The van der Waals surface area contributed by atoms with Crippen molar-refractivity contribution in [2.45, 2.75) is 38.8 Å². The second kappa shape index (κ2) is 7.80. The molecule has 0 radical (unpaired) electrons. The average Bonchev–Trinajstić information content (AvgIpc) is 2.99. The summed E-state index contributed by atoms with van der Waals surface area (Å²) in [6.07, 6.45) is 1.37. The lowest BCUT2D eigenvalue weighted by atomic mass is 9.98. The Bertz CT molecular complexity index is 644. The number of cyclic esters (lactones) is 1. The third-order valence-corrected chi connectivity index (χ3v) is 5.92. The van der Waals surface area contributed by atoms with Gasteiger partial charge >= 0.3 is 12.1 Å². The number of urea groups is 1. The van der Waals surface area contributed by atoms with Gasteiger partial charge in [-0.15, -0.1) is 0 Å². The molecule has 2 aliphatic heterocycles. The third-order valence-electron chi connectivity index (χ3n) is 4.98. The molecular formula is C18H24IN3O3. The summed E-state index contributed by atoms with van der Waals surface area (Å²) in [7, 11) is 0. The van der Waals surface area contributed by atoms with Gasteiger partial charge < -0.3 is 15.0 Å². The largest absolute Gasteiger partial charge is 0.447 e. The van der Waals surface area contributed by atoms with Crippen LogP contribution >= 0.6 is 22.6 Å². The number of carbonyl (C=O) groups is 2. The number of amides is 3. The van der Waals surface area contributed by atoms with Gasteiger partial charge in [0.25, 0.3) is 0 Å². The van der Waals surface area contributed by atoms with Crippen molar-refractivity contribution in [1.82, 2.24) is 9.80 Å². The maximum absolute atomic E-state index is 12.5. The molecule has 2 fully saturated rings. The van der Waals surface area contributed by atoms with Crippen LogP contribution in [0, 0.1) is 9.49 Å². The minimum absolute atomic E-state index is 0.0769. The Labute approximate surface area is 162 Å². The van der Waals surface area contributed by atoms with Crippen LogP contribution in [0.4, 0.5) is 15.3 Å². The van der Waals surface area contributed by atoms with Crippen LogP contribution in [0.5, 0.6) is 0 Å². The Kier molecular flexibility index (Phi) is 5.71. The van der Waals surface area contributed by atoms with E-state index in [9.17, 15) is 9.59 Å². The first-order valence-electron chi connectivity index (χ1n) is 8.73. The van der Waals surface area contributed by atoms with E-state index < -0.39 is 0 Å². The van der Waals surface area contributed by atoms with Crippen molar-refractivity contribution < 1.29 is 14.3 Å². The van der Waals surface area contributed by atoms with E-state index in [-0.39, 0.29) is 24.2 Å². The topological polar surface area (TPSA) is 61.9 Å². The quantitative estimate of drug-likeness (QED) is 0.704. The molecule has 1 aromatic rings. The van der Waals surface area contributed by atoms with Crippen LogP contribution in [-0.2, 0) is 4.74 Å². The van der Waals surface area contributed by atoms with E-state index in [0.717, 1.165) is 22.1 Å². The highest BCUT2D eigenvalue weighted by molar-refractivity contribution is 14.1. The summed E-state index contributed by atoms with van der Waals surface area (Å²) in [5.74, 6) is 0.368. The van der Waals surface area contributed by atoms with Gasteiger partial charge in [-0.05, 0) is 53.5 Å². The van der Waals surface area contributed by atoms with E-state index in [1.165, 1.54) is 0 Å². The van der Waals surface area contributed by atoms with Gasteiger partial charge in [0.05, 0.1) is 11.7 Å². The fourth-order valence-corrected chi connectivity index (χ4v) is 4.01. The predicted octanol–water partition coefficient (Wildman–Crippen LogP) is 3.76. The van der Waals surface area contributed by atoms with Crippen molar-refractivity contribution in [3.05, 3.63) is 27.8 Å². The fourth-order valence-electron chi connectivity index (χ4n) is 3.48. The fraction of sp³-hybridized carbons (Fsp3) is 0.556. The lowest BCUT2D eigenvalue weighted by Gasteiger charge is -2.38. The molecule has 3 rings (SSSR count). The lowest BCUT2D eigenvalue weighted by molar-refractivity contribution is 0.108. The first kappa shape index (κ1) is 18.3. The van der Waals surface area contributed by atoms with Crippen LogP contribution in [0.15, 0.2) is 24.3 Å². The Morgan fingerprint density at radius 1 is 1.28 bits per heavy atom. The number of ether oxygens (including phenoxy) is 1. The molecule has 0 aliphatic carbocycles. The number of nitrogens with one attached hydrogen (secondary N) is 1. The number of rotatable bonds is 3. The van der Waals surface area contributed by atoms with E-state index in [1.54, 1.807) is 0 Å². The number of halogens is 1. The Morgan fingerprint density at radius 3 is 2.60 bits per heavy atom. The SMILES string of the molecule is CC(C)C1COC(=O)N1C1CCN(C(=O)Nc2ccccc2I)CC1. The molecule has 2 aliphatic rings. The number of para-hydroxylation sites is 1. The molecule has 25 heavy (non-hydrogen) atoms. The van der Waals surface area contributed by atoms with Gasteiger partial charge in [0.15, 0.2) is 0 Å². The minimum Gasteiger partial charge on any atom is -0.447 e. The number of hydrogen-bond donors (Lipinski definition) is 1. The summed E-state index contributed by atoms with van der Waals surface area (Å²) in [6, 6.07) is 7.95. The monoisotopic (exact) mass is 457 g/mol. The van der Waals surface area contributed by atoms with Crippen LogP contribution in [0.25, 0.3) is 0 Å². The lowest BCUT2D eigenvalue weighted by Crippen LogP contribution is -2.51. The van der Waals surface area contributed by atoms with Gasteiger partial charge in [-0.1, -0.05) is 26.0 Å². The second-order valence-corrected chi connectivity index (χ2v) is 8.09. The molecule has 1 unspecified atom stereocenters. The smallest absolute Gasteiger partial charge is 0.410 e. The van der Waals surface area contributed by atoms with Gasteiger partial charge in [-0.2, -0.15) is 0 Å². The van der Waals surface area contributed by atoms with Crippen molar-refractivity contribution in [3.63, 3.8) is 0 Å². The maximum Gasteiger partial charge on any atom is 0.410 e. The molecule has 3 amide bonds. The van der Waals surface area contributed by atoms with Gasteiger partial charge in [0, 0.05) is 22.7 Å². The van der Waals surface area contributed by atoms with Gasteiger partial charge in [0.1, 0.15) is 6.61 Å². The van der Waals surface area contributed by atoms with Crippen molar-refractivity contribution in [3.8, 4) is 0 Å². The Hall–Kier alpha value is -1.51. The predicted molar refractivity (Wildman–Crippen MR) is 105 cm³/mol. The van der Waals surface area contributed by atoms with E-state index in [1.807, 2.05) is 34.1 Å². The average molecular weight is 457 g/mol. The maximum atomic E-state index is 12.5. The Balaban J connectivity index is 1.57. The molecular weight excluding hydrogens is 433 g/mol. The molecule has 0 aromatic heterocycles. The zero-order chi connectivity index (χ0) is 18.0. The highest BCUT2D eigenvalue weighted by Crippen LogP contribution is 2.28. The van der Waals surface area contributed by atoms with E-state index in [4.69, 9.17) is 4.74 Å². The third kappa shape index (κ3) is 4.02. The molecule has 0 spiro atoms.